The van der Waals surface area contributed by atoms with Gasteiger partial charge in [0.05, 0.1) is 11.8 Å². The van der Waals surface area contributed by atoms with Gasteiger partial charge in [-0.15, -0.1) is 10.2 Å². The number of thiol groups is 1. The highest BCUT2D eigenvalue weighted by atomic mass is 32.1. The molecule has 1 unspecified atom stereocenters. The lowest BCUT2D eigenvalue weighted by Gasteiger charge is -2.14. The minimum absolute atomic E-state index is 0.0367. The maximum absolute atomic E-state index is 4.75. The fourth-order valence-corrected chi connectivity index (χ4v) is 4.17. The molecule has 0 aliphatic carbocycles. The number of nitrogens with zero attached hydrogens (tertiary/aromatic N) is 4. The van der Waals surface area contributed by atoms with Gasteiger partial charge in [0.25, 0.3) is 0 Å². The first-order valence-electron chi connectivity index (χ1n) is 9.91. The van der Waals surface area contributed by atoms with Crippen LogP contribution >= 0.6 is 12.6 Å². The molecule has 29 heavy (non-hydrogen) atoms. The predicted octanol–water partition coefficient (Wildman–Crippen LogP) is 5.80. The summed E-state index contributed by atoms with van der Waals surface area (Å²) in [5.41, 5.74) is 3.47. The van der Waals surface area contributed by atoms with Crippen LogP contribution in [-0.2, 0) is 6.54 Å². The van der Waals surface area contributed by atoms with Gasteiger partial charge in [-0.1, -0.05) is 61.5 Å². The Labute approximate surface area is 175 Å². The van der Waals surface area contributed by atoms with Crippen molar-refractivity contribution in [1.29, 1.82) is 0 Å². The Morgan fingerprint density at radius 1 is 0.793 bits per heavy atom. The Balaban J connectivity index is 1.71. The van der Waals surface area contributed by atoms with Gasteiger partial charge in [0.15, 0.2) is 11.6 Å². The molecular weight excluding hydrogens is 376 g/mol. The first-order valence-corrected chi connectivity index (χ1v) is 10.4. The molecule has 3 aromatic carbocycles. The van der Waals surface area contributed by atoms with E-state index in [1.807, 2.05) is 18.2 Å². The quantitative estimate of drug-likeness (QED) is 0.380. The normalized spacial score (nSPS) is 12.6. The molecule has 4 nitrogen and oxygen atoms in total. The summed E-state index contributed by atoms with van der Waals surface area (Å²) in [6.45, 7) is 2.76. The van der Waals surface area contributed by atoms with Crippen LogP contribution in [0.2, 0.25) is 0 Å². The Morgan fingerprint density at radius 2 is 1.38 bits per heavy atom. The third kappa shape index (κ3) is 3.02. The monoisotopic (exact) mass is 398 g/mol. The van der Waals surface area contributed by atoms with Crippen LogP contribution in [0.5, 0.6) is 0 Å². The van der Waals surface area contributed by atoms with Crippen LogP contribution in [0, 0.1) is 0 Å². The van der Waals surface area contributed by atoms with Crippen molar-refractivity contribution in [1.82, 2.24) is 19.3 Å². The van der Waals surface area contributed by atoms with E-state index in [0.29, 0.717) is 6.54 Å². The van der Waals surface area contributed by atoms with Crippen molar-refractivity contribution in [3.63, 3.8) is 0 Å². The van der Waals surface area contributed by atoms with Crippen LogP contribution in [-0.4, -0.2) is 19.3 Å². The molecule has 5 aromatic rings. The highest BCUT2D eigenvalue weighted by molar-refractivity contribution is 7.80. The summed E-state index contributed by atoms with van der Waals surface area (Å²) in [5, 5.41) is 11.7. The third-order valence-electron chi connectivity index (χ3n) is 5.43. The summed E-state index contributed by atoms with van der Waals surface area (Å²) in [6.07, 6.45) is 0.892. The van der Waals surface area contributed by atoms with Gasteiger partial charge < -0.3 is 4.57 Å². The number of hydrogen-bond donors (Lipinski definition) is 1. The number of rotatable bonds is 5. The van der Waals surface area contributed by atoms with E-state index in [1.54, 1.807) is 0 Å². The molecule has 0 radical (unpaired) electrons. The molecule has 0 amide bonds. The Bertz CT molecular complexity index is 1230. The van der Waals surface area contributed by atoms with Gasteiger partial charge in [0, 0.05) is 27.5 Å². The molecule has 0 N–H and O–H groups in total. The van der Waals surface area contributed by atoms with Crippen molar-refractivity contribution >= 4 is 34.4 Å². The van der Waals surface area contributed by atoms with E-state index in [0.717, 1.165) is 23.8 Å². The van der Waals surface area contributed by atoms with Gasteiger partial charge in [-0.25, -0.2) is 0 Å². The summed E-state index contributed by atoms with van der Waals surface area (Å²) >= 11 is 4.75. The second kappa shape index (κ2) is 7.41. The molecule has 5 heteroatoms. The first kappa shape index (κ1) is 18.0. The maximum Gasteiger partial charge on any atom is 0.157 e. The Morgan fingerprint density at radius 3 is 2.00 bits per heavy atom. The topological polar surface area (TPSA) is 35.6 Å². The van der Waals surface area contributed by atoms with E-state index in [4.69, 9.17) is 12.6 Å². The van der Waals surface area contributed by atoms with Crippen molar-refractivity contribution in [3.05, 3.63) is 90.5 Å². The van der Waals surface area contributed by atoms with E-state index in [9.17, 15) is 0 Å². The smallest absolute Gasteiger partial charge is 0.157 e. The van der Waals surface area contributed by atoms with Gasteiger partial charge in [-0.05, 0) is 30.7 Å². The molecule has 0 aliphatic heterocycles. The third-order valence-corrected chi connectivity index (χ3v) is 6.03. The number of fused-ring (bicyclic) bond motifs is 3. The molecule has 0 fully saturated rings. The summed E-state index contributed by atoms with van der Waals surface area (Å²) in [5.74, 6) is 1.79. The van der Waals surface area contributed by atoms with E-state index in [2.05, 4.69) is 86.9 Å². The Kier molecular flexibility index (Phi) is 4.60. The second-order valence-corrected chi connectivity index (χ2v) is 7.81. The largest absolute Gasteiger partial charge is 0.333 e. The van der Waals surface area contributed by atoms with Gasteiger partial charge in [0.1, 0.15) is 0 Å². The van der Waals surface area contributed by atoms with E-state index < -0.39 is 0 Å². The lowest BCUT2D eigenvalue weighted by Crippen LogP contribution is -2.10. The van der Waals surface area contributed by atoms with Gasteiger partial charge >= 0.3 is 0 Å². The van der Waals surface area contributed by atoms with Crippen molar-refractivity contribution in [2.24, 2.45) is 0 Å². The zero-order chi connectivity index (χ0) is 19.8. The van der Waals surface area contributed by atoms with Crippen molar-refractivity contribution in [2.45, 2.75) is 25.1 Å². The molecule has 0 saturated heterocycles. The predicted molar refractivity (Wildman–Crippen MR) is 122 cm³/mol. The van der Waals surface area contributed by atoms with Crippen molar-refractivity contribution < 1.29 is 0 Å². The van der Waals surface area contributed by atoms with E-state index in [-0.39, 0.29) is 5.25 Å². The second-order valence-electron chi connectivity index (χ2n) is 7.19. The molecule has 0 aliphatic rings. The molecular formula is C24H22N4S. The zero-order valence-corrected chi connectivity index (χ0v) is 17.1. The van der Waals surface area contributed by atoms with Gasteiger partial charge in [-0.3, -0.25) is 4.57 Å². The van der Waals surface area contributed by atoms with Crippen LogP contribution in [0.3, 0.4) is 0 Å². The van der Waals surface area contributed by atoms with E-state index in [1.165, 1.54) is 21.8 Å². The van der Waals surface area contributed by atoms with Crippen LogP contribution in [0.15, 0.2) is 78.9 Å². The first-order chi connectivity index (χ1) is 14.3. The number of para-hydroxylation sites is 3. The fraction of sp³-hybridized carbons (Fsp3) is 0.167. The lowest BCUT2D eigenvalue weighted by atomic mass is 10.2. The fourth-order valence-electron chi connectivity index (χ4n) is 4.00. The SMILES string of the molecule is CCC(S)c1nnc(Cn2c3ccccc3c3ccccc32)n1-c1ccccc1. The highest BCUT2D eigenvalue weighted by Gasteiger charge is 2.20. The number of aromatic nitrogens is 4. The standard InChI is InChI=1S/C24H22N4S/c1-2-22(29)24-26-25-23(28(24)17-10-4-3-5-11-17)16-27-20-14-8-6-12-18(20)19-13-7-9-15-21(19)27/h3-15,22,29H,2,16H2,1H3. The summed E-state index contributed by atoms with van der Waals surface area (Å²) < 4.78 is 4.49. The van der Waals surface area contributed by atoms with Crippen molar-refractivity contribution in [2.75, 3.05) is 0 Å². The average Bonchev–Trinajstić information content (AvgIpc) is 3.34. The van der Waals surface area contributed by atoms with Gasteiger partial charge in [-0.2, -0.15) is 12.6 Å². The summed E-state index contributed by atoms with van der Waals surface area (Å²) in [6, 6.07) is 27.4. The van der Waals surface area contributed by atoms with Crippen LogP contribution in [0.25, 0.3) is 27.5 Å². The van der Waals surface area contributed by atoms with Crippen molar-refractivity contribution in [3.8, 4) is 5.69 Å². The number of benzene rings is 3. The van der Waals surface area contributed by atoms with Crippen LogP contribution in [0.4, 0.5) is 0 Å². The maximum atomic E-state index is 4.75. The molecule has 0 bridgehead atoms. The lowest BCUT2D eigenvalue weighted by molar-refractivity contribution is 0.743. The average molecular weight is 399 g/mol. The molecule has 0 spiro atoms. The minimum atomic E-state index is 0.0367. The Hall–Kier alpha value is -3.05. The zero-order valence-electron chi connectivity index (χ0n) is 16.2. The number of hydrogen-bond acceptors (Lipinski definition) is 3. The summed E-state index contributed by atoms with van der Waals surface area (Å²) in [4.78, 5) is 0. The summed E-state index contributed by atoms with van der Waals surface area (Å²) in [7, 11) is 0. The molecule has 1 atom stereocenters. The molecule has 2 heterocycles. The minimum Gasteiger partial charge on any atom is -0.333 e. The molecule has 2 aromatic heterocycles. The van der Waals surface area contributed by atoms with E-state index >= 15 is 0 Å². The molecule has 144 valence electrons. The molecule has 5 rings (SSSR count). The van der Waals surface area contributed by atoms with Crippen LogP contribution in [0.1, 0.15) is 30.2 Å². The van der Waals surface area contributed by atoms with Gasteiger partial charge in [0.2, 0.25) is 0 Å². The van der Waals surface area contributed by atoms with Crippen LogP contribution < -0.4 is 0 Å². The highest BCUT2D eigenvalue weighted by Crippen LogP contribution is 2.31. The molecule has 0 saturated carbocycles.